The van der Waals surface area contributed by atoms with Crippen molar-refractivity contribution in [3.8, 4) is 5.69 Å². The van der Waals surface area contributed by atoms with Gasteiger partial charge in [0.2, 0.25) is 0 Å². The molecule has 1 fully saturated rings. The molecule has 0 N–H and O–H groups in total. The largest absolute Gasteiger partial charge is 0.368 e. The summed E-state index contributed by atoms with van der Waals surface area (Å²) in [6, 6.07) is 13.3. The van der Waals surface area contributed by atoms with Crippen molar-refractivity contribution >= 4 is 57.3 Å². The van der Waals surface area contributed by atoms with Gasteiger partial charge in [-0.05, 0) is 42.5 Å². The summed E-state index contributed by atoms with van der Waals surface area (Å²) in [4.78, 5) is 13.6. The highest BCUT2D eigenvalue weighted by Gasteiger charge is 2.22. The Balaban J connectivity index is 1.39. The van der Waals surface area contributed by atoms with E-state index in [1.54, 1.807) is 6.33 Å². The minimum Gasteiger partial charge on any atom is -0.368 e. The Bertz CT molecular complexity index is 1200. The first-order valence-electron chi connectivity index (χ1n) is 9.50. The van der Waals surface area contributed by atoms with Crippen LogP contribution in [0.2, 0.25) is 15.1 Å². The van der Waals surface area contributed by atoms with E-state index in [9.17, 15) is 0 Å². The van der Waals surface area contributed by atoms with E-state index in [1.165, 1.54) is 0 Å². The van der Waals surface area contributed by atoms with Crippen LogP contribution >= 0.6 is 34.8 Å². The van der Waals surface area contributed by atoms with Gasteiger partial charge in [-0.25, -0.2) is 14.6 Å². The fraction of sp³-hybridized carbons (Fsp3) is 0.190. The number of halogens is 3. The van der Waals surface area contributed by atoms with Gasteiger partial charge in [-0.3, -0.25) is 0 Å². The van der Waals surface area contributed by atoms with Crippen LogP contribution in [0.5, 0.6) is 0 Å². The predicted molar refractivity (Wildman–Crippen MR) is 123 cm³/mol. The molecule has 152 valence electrons. The minimum absolute atomic E-state index is 0.570. The SMILES string of the molecule is Clc1ccc(-n2ncc3c(N4CCN(c5ccc(Cl)c(Cl)c5)CC4)ncnc32)cc1. The smallest absolute Gasteiger partial charge is 0.168 e. The van der Waals surface area contributed by atoms with Gasteiger partial charge < -0.3 is 9.80 Å². The van der Waals surface area contributed by atoms with E-state index in [1.807, 2.05) is 53.3 Å². The van der Waals surface area contributed by atoms with Crippen LogP contribution < -0.4 is 9.80 Å². The maximum Gasteiger partial charge on any atom is 0.168 e. The summed E-state index contributed by atoms with van der Waals surface area (Å²) < 4.78 is 1.81. The second-order valence-corrected chi connectivity index (χ2v) is 8.29. The molecule has 4 aromatic rings. The molecule has 0 unspecified atom stereocenters. The number of piperazine rings is 1. The van der Waals surface area contributed by atoms with Crippen molar-refractivity contribution in [3.05, 3.63) is 70.1 Å². The number of fused-ring (bicyclic) bond motifs is 1. The highest BCUT2D eigenvalue weighted by Crippen LogP contribution is 2.30. The van der Waals surface area contributed by atoms with Crippen molar-refractivity contribution in [1.29, 1.82) is 0 Å². The normalized spacial score (nSPS) is 14.5. The molecular weight excluding hydrogens is 443 g/mol. The predicted octanol–water partition coefficient (Wildman–Crippen LogP) is 5.10. The van der Waals surface area contributed by atoms with Crippen molar-refractivity contribution in [2.45, 2.75) is 0 Å². The van der Waals surface area contributed by atoms with Gasteiger partial charge in [0.15, 0.2) is 5.65 Å². The van der Waals surface area contributed by atoms with E-state index in [0.717, 1.165) is 54.4 Å². The summed E-state index contributed by atoms with van der Waals surface area (Å²) in [6.45, 7) is 3.38. The molecule has 0 radical (unpaired) electrons. The van der Waals surface area contributed by atoms with Crippen LogP contribution in [0.15, 0.2) is 55.0 Å². The molecule has 2 aromatic heterocycles. The van der Waals surface area contributed by atoms with Crippen LogP contribution in [0, 0.1) is 0 Å². The van der Waals surface area contributed by atoms with Gasteiger partial charge in [-0.2, -0.15) is 5.10 Å². The van der Waals surface area contributed by atoms with Gasteiger partial charge in [0.25, 0.3) is 0 Å². The number of hydrogen-bond acceptors (Lipinski definition) is 5. The van der Waals surface area contributed by atoms with Crippen LogP contribution in [-0.4, -0.2) is 45.9 Å². The lowest BCUT2D eigenvalue weighted by atomic mass is 10.2. The fourth-order valence-electron chi connectivity index (χ4n) is 3.71. The van der Waals surface area contributed by atoms with E-state index < -0.39 is 0 Å². The van der Waals surface area contributed by atoms with Gasteiger partial charge in [0, 0.05) is 36.9 Å². The van der Waals surface area contributed by atoms with Crippen LogP contribution in [0.3, 0.4) is 0 Å². The lowest BCUT2D eigenvalue weighted by Gasteiger charge is -2.37. The number of aromatic nitrogens is 4. The molecule has 5 rings (SSSR count). The highest BCUT2D eigenvalue weighted by atomic mass is 35.5. The number of rotatable bonds is 3. The molecule has 0 aliphatic carbocycles. The Morgan fingerprint density at radius 2 is 1.43 bits per heavy atom. The summed E-state index contributed by atoms with van der Waals surface area (Å²) in [7, 11) is 0. The Hall–Kier alpha value is -2.54. The summed E-state index contributed by atoms with van der Waals surface area (Å²) in [5, 5.41) is 7.29. The Morgan fingerprint density at radius 1 is 0.733 bits per heavy atom. The standard InChI is InChI=1S/C21H17Cl3N6/c22-14-1-3-15(4-2-14)30-21-17(12-27-30)20(25-13-26-21)29-9-7-28(8-10-29)16-5-6-18(23)19(24)11-16/h1-6,11-13H,7-10H2. The van der Waals surface area contributed by atoms with Crippen LogP contribution in [0.25, 0.3) is 16.7 Å². The van der Waals surface area contributed by atoms with Crippen molar-refractivity contribution in [3.63, 3.8) is 0 Å². The van der Waals surface area contributed by atoms with Crippen LogP contribution in [-0.2, 0) is 0 Å². The first kappa shape index (κ1) is 19.4. The van der Waals surface area contributed by atoms with E-state index in [4.69, 9.17) is 34.8 Å². The molecule has 3 heterocycles. The van der Waals surface area contributed by atoms with Crippen molar-refractivity contribution in [2.24, 2.45) is 0 Å². The van der Waals surface area contributed by atoms with Gasteiger partial charge in [0.1, 0.15) is 12.1 Å². The lowest BCUT2D eigenvalue weighted by molar-refractivity contribution is 0.649. The molecule has 1 saturated heterocycles. The van der Waals surface area contributed by atoms with Gasteiger partial charge in [-0.1, -0.05) is 34.8 Å². The van der Waals surface area contributed by atoms with E-state index in [-0.39, 0.29) is 0 Å². The Labute approximate surface area is 188 Å². The Morgan fingerprint density at radius 3 is 2.17 bits per heavy atom. The zero-order chi connectivity index (χ0) is 20.7. The molecule has 9 heteroatoms. The van der Waals surface area contributed by atoms with E-state index in [2.05, 4.69) is 24.9 Å². The molecular formula is C21H17Cl3N6. The summed E-state index contributed by atoms with van der Waals surface area (Å²) in [5.41, 5.74) is 2.75. The first-order chi connectivity index (χ1) is 14.6. The van der Waals surface area contributed by atoms with Gasteiger partial charge >= 0.3 is 0 Å². The zero-order valence-electron chi connectivity index (χ0n) is 15.8. The highest BCUT2D eigenvalue weighted by molar-refractivity contribution is 6.42. The second-order valence-electron chi connectivity index (χ2n) is 7.04. The van der Waals surface area contributed by atoms with Gasteiger partial charge in [0.05, 0.1) is 27.3 Å². The molecule has 0 saturated carbocycles. The van der Waals surface area contributed by atoms with Crippen molar-refractivity contribution in [2.75, 3.05) is 36.0 Å². The maximum atomic E-state index is 6.18. The van der Waals surface area contributed by atoms with E-state index in [0.29, 0.717) is 15.1 Å². The van der Waals surface area contributed by atoms with Crippen molar-refractivity contribution < 1.29 is 0 Å². The molecule has 0 amide bonds. The third-order valence-corrected chi connectivity index (χ3v) is 6.25. The number of nitrogens with zero attached hydrogens (tertiary/aromatic N) is 6. The quantitative estimate of drug-likeness (QED) is 0.426. The van der Waals surface area contributed by atoms with Crippen LogP contribution in [0.1, 0.15) is 0 Å². The average molecular weight is 460 g/mol. The van der Waals surface area contributed by atoms with E-state index >= 15 is 0 Å². The molecule has 1 aliphatic heterocycles. The van der Waals surface area contributed by atoms with Crippen molar-refractivity contribution in [1.82, 2.24) is 19.7 Å². The van der Waals surface area contributed by atoms with Gasteiger partial charge in [-0.15, -0.1) is 0 Å². The summed E-state index contributed by atoms with van der Waals surface area (Å²) >= 11 is 18.2. The topological polar surface area (TPSA) is 50.1 Å². The monoisotopic (exact) mass is 458 g/mol. The molecule has 0 atom stereocenters. The second kappa shape index (κ2) is 7.95. The summed E-state index contributed by atoms with van der Waals surface area (Å²) in [6.07, 6.45) is 3.42. The molecule has 30 heavy (non-hydrogen) atoms. The molecule has 0 spiro atoms. The maximum absolute atomic E-state index is 6.18. The minimum atomic E-state index is 0.570. The third kappa shape index (κ3) is 3.55. The average Bonchev–Trinajstić information content (AvgIpc) is 3.21. The lowest BCUT2D eigenvalue weighted by Crippen LogP contribution is -2.46. The molecule has 1 aliphatic rings. The zero-order valence-corrected chi connectivity index (χ0v) is 18.1. The molecule has 6 nitrogen and oxygen atoms in total. The fourth-order valence-corrected chi connectivity index (χ4v) is 4.13. The first-order valence-corrected chi connectivity index (χ1v) is 10.6. The molecule has 0 bridgehead atoms. The number of hydrogen-bond donors (Lipinski definition) is 0. The third-order valence-electron chi connectivity index (χ3n) is 5.26. The number of benzene rings is 2. The summed E-state index contributed by atoms with van der Waals surface area (Å²) in [5.74, 6) is 0.897. The Kier molecular flexibility index (Phi) is 5.15. The molecule has 2 aromatic carbocycles. The van der Waals surface area contributed by atoms with Crippen LogP contribution in [0.4, 0.5) is 11.5 Å². The number of anilines is 2.